The van der Waals surface area contributed by atoms with E-state index in [1.807, 2.05) is 61.7 Å². The highest BCUT2D eigenvalue weighted by molar-refractivity contribution is 7.94. The molecule has 2 rings (SSSR count). The average Bonchev–Trinajstić information content (AvgIpc) is 2.70. The van der Waals surface area contributed by atoms with Gasteiger partial charge in [-0.15, -0.1) is 0 Å². The standard InChI is InChI=1S/C21H27NO5S/c1-4-25-20(21(23)22-24-2)15-17-7-9-18(10-8-17)26-14-13-16-5-11-19(12-6-16)27-28-3/h5-12,20H,4,13-15H2,1-3H3,(H,22,23)/t20-/m0/s1. The lowest BCUT2D eigenvalue weighted by Gasteiger charge is -2.16. The fraction of sp³-hybridized carbons (Fsp3) is 0.381. The van der Waals surface area contributed by atoms with Crippen LogP contribution in [0.2, 0.25) is 0 Å². The van der Waals surface area contributed by atoms with Crippen molar-refractivity contribution >= 4 is 17.9 Å². The van der Waals surface area contributed by atoms with Crippen LogP contribution in [0.4, 0.5) is 0 Å². The molecule has 0 saturated carbocycles. The van der Waals surface area contributed by atoms with Gasteiger partial charge in [0, 0.05) is 25.7 Å². The molecule has 0 aliphatic rings. The summed E-state index contributed by atoms with van der Waals surface area (Å²) in [6.07, 6.45) is 2.58. The molecule has 0 unspecified atom stereocenters. The molecule has 152 valence electrons. The molecule has 0 saturated heterocycles. The van der Waals surface area contributed by atoms with Crippen LogP contribution in [-0.2, 0) is 27.2 Å². The van der Waals surface area contributed by atoms with Crippen LogP contribution in [0.15, 0.2) is 48.5 Å². The smallest absolute Gasteiger partial charge is 0.272 e. The van der Waals surface area contributed by atoms with E-state index in [2.05, 4.69) is 10.3 Å². The summed E-state index contributed by atoms with van der Waals surface area (Å²) in [5, 5.41) is 0. The van der Waals surface area contributed by atoms with E-state index in [0.29, 0.717) is 19.6 Å². The predicted octanol–water partition coefficient (Wildman–Crippen LogP) is 3.59. The van der Waals surface area contributed by atoms with Crippen LogP contribution in [-0.4, -0.2) is 38.6 Å². The molecule has 1 N–H and O–H groups in total. The topological polar surface area (TPSA) is 66.0 Å². The monoisotopic (exact) mass is 405 g/mol. The molecule has 0 heterocycles. The summed E-state index contributed by atoms with van der Waals surface area (Å²) in [7, 11) is 1.40. The normalized spacial score (nSPS) is 11.7. The number of nitrogens with one attached hydrogen (secondary N) is 1. The minimum Gasteiger partial charge on any atom is -0.493 e. The van der Waals surface area contributed by atoms with E-state index in [9.17, 15) is 4.79 Å². The summed E-state index contributed by atoms with van der Waals surface area (Å²) in [5.74, 6) is 1.34. The Morgan fingerprint density at radius 2 is 1.68 bits per heavy atom. The Labute approximate surface area is 170 Å². The number of hydroxylamine groups is 1. The molecule has 0 fully saturated rings. The van der Waals surface area contributed by atoms with Gasteiger partial charge in [-0.2, -0.15) is 0 Å². The first kappa shape index (κ1) is 22.1. The van der Waals surface area contributed by atoms with Gasteiger partial charge in [0.25, 0.3) is 5.91 Å². The second-order valence-electron chi connectivity index (χ2n) is 5.95. The number of hydrogen-bond acceptors (Lipinski definition) is 6. The van der Waals surface area contributed by atoms with Crippen molar-refractivity contribution < 1.29 is 23.3 Å². The van der Waals surface area contributed by atoms with Crippen molar-refractivity contribution in [2.45, 2.75) is 25.9 Å². The van der Waals surface area contributed by atoms with Gasteiger partial charge in [0.2, 0.25) is 0 Å². The van der Waals surface area contributed by atoms with Gasteiger partial charge in [-0.3, -0.25) is 9.63 Å². The van der Waals surface area contributed by atoms with Crippen LogP contribution in [0.25, 0.3) is 0 Å². The Bertz CT molecular complexity index is 706. The maximum atomic E-state index is 11.9. The zero-order valence-corrected chi connectivity index (χ0v) is 17.3. The van der Waals surface area contributed by atoms with Crippen molar-refractivity contribution in [3.63, 3.8) is 0 Å². The number of benzene rings is 2. The molecule has 7 heteroatoms. The molecule has 0 spiro atoms. The van der Waals surface area contributed by atoms with Crippen molar-refractivity contribution in [2.75, 3.05) is 26.6 Å². The quantitative estimate of drug-likeness (QED) is 0.430. The Morgan fingerprint density at radius 3 is 2.29 bits per heavy atom. The van der Waals surface area contributed by atoms with Crippen molar-refractivity contribution in [3.05, 3.63) is 59.7 Å². The van der Waals surface area contributed by atoms with Gasteiger partial charge in [-0.05, 0) is 42.3 Å². The third-order valence-electron chi connectivity index (χ3n) is 3.97. The van der Waals surface area contributed by atoms with E-state index < -0.39 is 6.10 Å². The van der Waals surface area contributed by atoms with E-state index in [4.69, 9.17) is 13.7 Å². The zero-order chi connectivity index (χ0) is 20.2. The minimum atomic E-state index is -0.588. The van der Waals surface area contributed by atoms with Crippen LogP contribution in [0.5, 0.6) is 11.5 Å². The number of ether oxygens (including phenoxy) is 2. The summed E-state index contributed by atoms with van der Waals surface area (Å²) >= 11 is 1.33. The van der Waals surface area contributed by atoms with Gasteiger partial charge in [0.05, 0.1) is 25.8 Å². The molecule has 1 atom stereocenters. The maximum Gasteiger partial charge on any atom is 0.272 e. The van der Waals surface area contributed by atoms with E-state index in [0.717, 1.165) is 23.5 Å². The number of carbonyl (C=O) groups is 1. The third-order valence-corrected chi connectivity index (χ3v) is 4.33. The summed E-state index contributed by atoms with van der Waals surface area (Å²) in [4.78, 5) is 16.6. The van der Waals surface area contributed by atoms with Crippen molar-refractivity contribution in [1.29, 1.82) is 0 Å². The summed E-state index contributed by atoms with van der Waals surface area (Å²) in [6.45, 7) is 2.89. The lowest BCUT2D eigenvalue weighted by molar-refractivity contribution is -0.143. The van der Waals surface area contributed by atoms with Crippen LogP contribution in [0.1, 0.15) is 18.1 Å². The molecular formula is C21H27NO5S. The number of rotatable bonds is 12. The average molecular weight is 406 g/mol. The number of carbonyl (C=O) groups excluding carboxylic acids is 1. The van der Waals surface area contributed by atoms with Crippen LogP contribution < -0.4 is 14.4 Å². The first-order valence-electron chi connectivity index (χ1n) is 9.12. The SMILES string of the molecule is CCO[C@@H](Cc1ccc(OCCc2ccc(OSC)cc2)cc1)C(=O)NOC. The molecule has 0 bridgehead atoms. The molecule has 0 aliphatic heterocycles. The second-order valence-corrected chi connectivity index (χ2v) is 6.45. The fourth-order valence-corrected chi connectivity index (χ4v) is 2.93. The van der Waals surface area contributed by atoms with Gasteiger partial charge in [-0.25, -0.2) is 5.48 Å². The minimum absolute atomic E-state index is 0.293. The van der Waals surface area contributed by atoms with Gasteiger partial charge in [0.15, 0.2) is 0 Å². The first-order chi connectivity index (χ1) is 13.7. The van der Waals surface area contributed by atoms with Gasteiger partial charge in [-0.1, -0.05) is 24.3 Å². The molecule has 0 aromatic heterocycles. The van der Waals surface area contributed by atoms with Gasteiger partial charge < -0.3 is 13.7 Å². The first-order valence-corrected chi connectivity index (χ1v) is 10.3. The van der Waals surface area contributed by atoms with Crippen molar-refractivity contribution in [3.8, 4) is 11.5 Å². The van der Waals surface area contributed by atoms with E-state index >= 15 is 0 Å². The Hall–Kier alpha value is -2.22. The van der Waals surface area contributed by atoms with Crippen LogP contribution in [0.3, 0.4) is 0 Å². The van der Waals surface area contributed by atoms with E-state index in [-0.39, 0.29) is 5.91 Å². The Morgan fingerprint density at radius 1 is 1.04 bits per heavy atom. The molecule has 6 nitrogen and oxygen atoms in total. The molecule has 2 aromatic rings. The highest BCUT2D eigenvalue weighted by Crippen LogP contribution is 2.17. The lowest BCUT2D eigenvalue weighted by atomic mass is 10.1. The lowest BCUT2D eigenvalue weighted by Crippen LogP contribution is -2.37. The predicted molar refractivity (Wildman–Crippen MR) is 110 cm³/mol. The molecule has 28 heavy (non-hydrogen) atoms. The second kappa shape index (κ2) is 12.3. The largest absolute Gasteiger partial charge is 0.493 e. The Balaban J connectivity index is 1.82. The highest BCUT2D eigenvalue weighted by Gasteiger charge is 2.19. The van der Waals surface area contributed by atoms with Gasteiger partial charge in [0.1, 0.15) is 17.6 Å². The molecule has 2 aromatic carbocycles. The Kier molecular flexibility index (Phi) is 9.68. The number of amides is 1. The fourth-order valence-electron chi connectivity index (χ4n) is 2.63. The van der Waals surface area contributed by atoms with Crippen LogP contribution >= 0.6 is 12.0 Å². The van der Waals surface area contributed by atoms with E-state index in [1.54, 1.807) is 0 Å². The maximum absolute atomic E-state index is 11.9. The highest BCUT2D eigenvalue weighted by atomic mass is 32.2. The van der Waals surface area contributed by atoms with E-state index in [1.165, 1.54) is 24.7 Å². The number of hydrogen-bond donors (Lipinski definition) is 1. The summed E-state index contributed by atoms with van der Waals surface area (Å²) in [5.41, 5.74) is 4.49. The summed E-state index contributed by atoms with van der Waals surface area (Å²) in [6, 6.07) is 15.7. The van der Waals surface area contributed by atoms with Crippen molar-refractivity contribution in [1.82, 2.24) is 5.48 Å². The molecular weight excluding hydrogens is 378 g/mol. The third kappa shape index (κ3) is 7.42. The molecule has 1 amide bonds. The zero-order valence-electron chi connectivity index (χ0n) is 16.5. The summed E-state index contributed by atoms with van der Waals surface area (Å²) < 4.78 is 16.7. The molecule has 0 radical (unpaired) electrons. The van der Waals surface area contributed by atoms with Crippen LogP contribution in [0, 0.1) is 0 Å². The van der Waals surface area contributed by atoms with Gasteiger partial charge >= 0.3 is 0 Å². The van der Waals surface area contributed by atoms with Crippen molar-refractivity contribution in [2.24, 2.45) is 0 Å². The molecule has 0 aliphatic carbocycles.